The van der Waals surface area contributed by atoms with E-state index in [1.807, 2.05) is 0 Å². The standard InChI is InChI=1S/C7H16N2O2S/c1-6-3-2-4-7(6)5-9-12(8,10)11/h6-7,9H,2-5H2,1H3,(H2,8,10,11). The molecular formula is C7H16N2O2S. The molecule has 3 N–H and O–H groups in total. The lowest BCUT2D eigenvalue weighted by Gasteiger charge is -2.14. The Hall–Kier alpha value is -0.130. The van der Waals surface area contributed by atoms with Crippen molar-refractivity contribution in [3.63, 3.8) is 0 Å². The van der Waals surface area contributed by atoms with Crippen LogP contribution in [0.15, 0.2) is 0 Å². The molecule has 2 unspecified atom stereocenters. The van der Waals surface area contributed by atoms with E-state index in [0.717, 1.165) is 6.42 Å². The highest BCUT2D eigenvalue weighted by Crippen LogP contribution is 2.30. The van der Waals surface area contributed by atoms with Crippen LogP contribution in [0.1, 0.15) is 26.2 Å². The second-order valence-corrected chi connectivity index (χ2v) is 4.94. The molecule has 1 aliphatic carbocycles. The summed E-state index contributed by atoms with van der Waals surface area (Å²) in [6, 6.07) is 0. The van der Waals surface area contributed by atoms with E-state index in [9.17, 15) is 8.42 Å². The van der Waals surface area contributed by atoms with E-state index < -0.39 is 10.2 Å². The lowest BCUT2D eigenvalue weighted by molar-refractivity contribution is 0.414. The fourth-order valence-corrected chi connectivity index (χ4v) is 2.20. The summed E-state index contributed by atoms with van der Waals surface area (Å²) in [5.41, 5.74) is 0. The number of nitrogens with one attached hydrogen (secondary N) is 1. The Kier molecular flexibility index (Phi) is 3.09. The quantitative estimate of drug-likeness (QED) is 0.671. The predicted molar refractivity (Wildman–Crippen MR) is 47.6 cm³/mol. The summed E-state index contributed by atoms with van der Waals surface area (Å²) in [6.45, 7) is 2.66. The Balaban J connectivity index is 2.32. The fraction of sp³-hybridized carbons (Fsp3) is 1.00. The summed E-state index contributed by atoms with van der Waals surface area (Å²) in [5.74, 6) is 1.10. The molecule has 0 aromatic carbocycles. The normalized spacial score (nSPS) is 30.8. The highest BCUT2D eigenvalue weighted by molar-refractivity contribution is 7.87. The van der Waals surface area contributed by atoms with Crippen molar-refractivity contribution in [1.29, 1.82) is 0 Å². The molecule has 1 saturated carbocycles. The number of nitrogens with two attached hydrogens (primary N) is 1. The smallest absolute Gasteiger partial charge is 0.216 e. The lowest BCUT2D eigenvalue weighted by Crippen LogP contribution is -2.35. The first-order chi connectivity index (χ1) is 5.49. The van der Waals surface area contributed by atoms with E-state index in [-0.39, 0.29) is 0 Å². The summed E-state index contributed by atoms with van der Waals surface area (Å²) in [7, 11) is -3.49. The molecule has 1 rings (SSSR count). The number of rotatable bonds is 3. The van der Waals surface area contributed by atoms with Crippen molar-refractivity contribution in [2.45, 2.75) is 26.2 Å². The molecular weight excluding hydrogens is 176 g/mol. The van der Waals surface area contributed by atoms with Gasteiger partial charge in [0.15, 0.2) is 0 Å². The Morgan fingerprint density at radius 1 is 1.50 bits per heavy atom. The van der Waals surface area contributed by atoms with Crippen LogP contribution in [0.3, 0.4) is 0 Å². The molecule has 72 valence electrons. The molecule has 2 atom stereocenters. The molecule has 0 spiro atoms. The third-order valence-corrected chi connectivity index (χ3v) is 3.15. The van der Waals surface area contributed by atoms with Crippen molar-refractivity contribution < 1.29 is 8.42 Å². The zero-order chi connectivity index (χ0) is 9.19. The van der Waals surface area contributed by atoms with E-state index in [1.165, 1.54) is 12.8 Å². The van der Waals surface area contributed by atoms with Gasteiger partial charge in [0.25, 0.3) is 10.2 Å². The lowest BCUT2D eigenvalue weighted by atomic mass is 9.99. The molecule has 0 aromatic heterocycles. The summed E-state index contributed by atoms with van der Waals surface area (Å²) in [5, 5.41) is 4.82. The van der Waals surface area contributed by atoms with Crippen LogP contribution in [0.2, 0.25) is 0 Å². The minimum atomic E-state index is -3.49. The summed E-state index contributed by atoms with van der Waals surface area (Å²) in [6.07, 6.45) is 3.53. The molecule has 5 heteroatoms. The molecule has 0 heterocycles. The maximum atomic E-state index is 10.6. The first-order valence-electron chi connectivity index (χ1n) is 4.26. The Morgan fingerprint density at radius 3 is 2.58 bits per heavy atom. The second kappa shape index (κ2) is 3.72. The maximum Gasteiger partial charge on any atom is 0.274 e. The van der Waals surface area contributed by atoms with Gasteiger partial charge in [0.1, 0.15) is 0 Å². The SMILES string of the molecule is CC1CCCC1CNS(N)(=O)=O. The second-order valence-electron chi connectivity index (χ2n) is 3.56. The van der Waals surface area contributed by atoms with Crippen molar-refractivity contribution in [3.05, 3.63) is 0 Å². The van der Waals surface area contributed by atoms with Crippen molar-refractivity contribution in [2.24, 2.45) is 17.0 Å². The first-order valence-corrected chi connectivity index (χ1v) is 5.81. The van der Waals surface area contributed by atoms with Crippen molar-refractivity contribution >= 4 is 10.2 Å². The van der Waals surface area contributed by atoms with Crippen molar-refractivity contribution in [2.75, 3.05) is 6.54 Å². The molecule has 0 saturated heterocycles. The minimum absolute atomic E-state index is 0.475. The van der Waals surface area contributed by atoms with Crippen LogP contribution in [0.4, 0.5) is 0 Å². The van der Waals surface area contributed by atoms with Gasteiger partial charge in [0, 0.05) is 6.54 Å². The van der Waals surface area contributed by atoms with Crippen LogP contribution in [-0.2, 0) is 10.2 Å². The molecule has 12 heavy (non-hydrogen) atoms. The average molecular weight is 192 g/mol. The molecule has 1 aliphatic rings. The first kappa shape index (κ1) is 9.95. The predicted octanol–water partition coefficient (Wildman–Crippen LogP) is 0.216. The summed E-state index contributed by atoms with van der Waals surface area (Å²) in [4.78, 5) is 0. The van der Waals surface area contributed by atoms with Gasteiger partial charge in [0.05, 0.1) is 0 Å². The topological polar surface area (TPSA) is 72.2 Å². The van der Waals surface area contributed by atoms with Gasteiger partial charge < -0.3 is 0 Å². The Bertz CT molecular complexity index is 238. The van der Waals surface area contributed by atoms with E-state index in [4.69, 9.17) is 5.14 Å². The summed E-state index contributed by atoms with van der Waals surface area (Å²) >= 11 is 0. The van der Waals surface area contributed by atoms with E-state index >= 15 is 0 Å². The molecule has 0 aromatic rings. The van der Waals surface area contributed by atoms with Gasteiger partial charge in [0.2, 0.25) is 0 Å². The van der Waals surface area contributed by atoms with Gasteiger partial charge in [-0.05, 0) is 18.3 Å². The molecule has 4 nitrogen and oxygen atoms in total. The number of hydrogen-bond acceptors (Lipinski definition) is 2. The van der Waals surface area contributed by atoms with Gasteiger partial charge in [-0.25, -0.2) is 9.86 Å². The van der Waals surface area contributed by atoms with Crippen molar-refractivity contribution in [1.82, 2.24) is 4.72 Å². The highest BCUT2D eigenvalue weighted by atomic mass is 32.2. The van der Waals surface area contributed by atoms with Gasteiger partial charge in [-0.2, -0.15) is 8.42 Å². The molecule has 1 fully saturated rings. The highest BCUT2D eigenvalue weighted by Gasteiger charge is 2.23. The Labute approximate surface area is 73.7 Å². The molecule has 0 amide bonds. The van der Waals surface area contributed by atoms with E-state index in [2.05, 4.69) is 11.6 Å². The molecule has 0 radical (unpaired) electrons. The monoisotopic (exact) mass is 192 g/mol. The maximum absolute atomic E-state index is 10.6. The number of hydrogen-bond donors (Lipinski definition) is 2. The van der Waals surface area contributed by atoms with Crippen LogP contribution >= 0.6 is 0 Å². The van der Waals surface area contributed by atoms with Gasteiger partial charge in [-0.15, -0.1) is 0 Å². The zero-order valence-corrected chi connectivity index (χ0v) is 8.10. The summed E-state index contributed by atoms with van der Waals surface area (Å²) < 4.78 is 23.5. The third kappa shape index (κ3) is 3.08. The van der Waals surface area contributed by atoms with Crippen LogP contribution in [-0.4, -0.2) is 15.0 Å². The zero-order valence-electron chi connectivity index (χ0n) is 7.29. The average Bonchev–Trinajstić information content (AvgIpc) is 2.29. The minimum Gasteiger partial charge on any atom is -0.216 e. The largest absolute Gasteiger partial charge is 0.274 e. The van der Waals surface area contributed by atoms with Gasteiger partial charge in [-0.3, -0.25) is 0 Å². The molecule has 0 bridgehead atoms. The fourth-order valence-electron chi connectivity index (χ4n) is 1.75. The van der Waals surface area contributed by atoms with Gasteiger partial charge in [-0.1, -0.05) is 19.8 Å². The van der Waals surface area contributed by atoms with E-state index in [0.29, 0.717) is 18.4 Å². The van der Waals surface area contributed by atoms with Crippen molar-refractivity contribution in [3.8, 4) is 0 Å². The van der Waals surface area contributed by atoms with Gasteiger partial charge >= 0.3 is 0 Å². The van der Waals surface area contributed by atoms with Crippen LogP contribution in [0.25, 0.3) is 0 Å². The third-order valence-electron chi connectivity index (χ3n) is 2.59. The molecule has 0 aliphatic heterocycles. The van der Waals surface area contributed by atoms with Crippen LogP contribution in [0.5, 0.6) is 0 Å². The van der Waals surface area contributed by atoms with Crippen LogP contribution < -0.4 is 9.86 Å². The van der Waals surface area contributed by atoms with E-state index in [1.54, 1.807) is 0 Å². The van der Waals surface area contributed by atoms with Crippen LogP contribution in [0, 0.1) is 11.8 Å². The Morgan fingerprint density at radius 2 is 2.17 bits per heavy atom.